The summed E-state index contributed by atoms with van der Waals surface area (Å²) in [7, 11) is 0. The van der Waals surface area contributed by atoms with Crippen LogP contribution in [0.4, 0.5) is 4.39 Å². The maximum Gasteiger partial charge on any atom is 0.237 e. The van der Waals surface area contributed by atoms with Crippen LogP contribution in [0.5, 0.6) is 0 Å². The molecule has 0 aliphatic carbocycles. The van der Waals surface area contributed by atoms with Crippen molar-refractivity contribution >= 4 is 18.3 Å². The fourth-order valence-electron chi connectivity index (χ4n) is 1.26. The van der Waals surface area contributed by atoms with Crippen LogP contribution >= 0.6 is 12.4 Å². The van der Waals surface area contributed by atoms with Gasteiger partial charge < -0.3 is 10.6 Å². The Morgan fingerprint density at radius 3 is 2.85 bits per heavy atom. The van der Waals surface area contributed by atoms with Gasteiger partial charge in [0.05, 0.1) is 6.04 Å². The molecule has 1 amide bonds. The first-order valence-corrected chi connectivity index (χ1v) is 4.39. The van der Waals surface area contributed by atoms with Crippen molar-refractivity contribution in [2.75, 3.05) is 13.1 Å². The van der Waals surface area contributed by atoms with Crippen molar-refractivity contribution in [3.05, 3.63) is 0 Å². The summed E-state index contributed by atoms with van der Waals surface area (Å²) in [6, 6.07) is -0.313. The van der Waals surface area contributed by atoms with Crippen molar-refractivity contribution in [2.24, 2.45) is 0 Å². The molecular weight excluding hydrogens is 195 g/mol. The summed E-state index contributed by atoms with van der Waals surface area (Å²) in [4.78, 5) is 11.2. The van der Waals surface area contributed by atoms with E-state index in [1.807, 2.05) is 6.92 Å². The summed E-state index contributed by atoms with van der Waals surface area (Å²) in [6.07, 6.45) is 0.370. The van der Waals surface area contributed by atoms with E-state index in [2.05, 4.69) is 10.6 Å². The number of carbonyl (C=O) groups excluding carboxylic acids is 1. The number of nitrogens with one attached hydrogen (secondary N) is 2. The molecule has 1 fully saturated rings. The van der Waals surface area contributed by atoms with Gasteiger partial charge in [0.2, 0.25) is 5.91 Å². The van der Waals surface area contributed by atoms with Crippen LogP contribution < -0.4 is 10.6 Å². The lowest BCUT2D eigenvalue weighted by atomic mass is 10.2. The van der Waals surface area contributed by atoms with Crippen LogP contribution in [-0.2, 0) is 4.79 Å². The molecule has 1 aliphatic rings. The molecule has 0 radical (unpaired) electrons. The Labute approximate surface area is 83.9 Å². The Kier molecular flexibility index (Phi) is 5.99. The second-order valence-electron chi connectivity index (χ2n) is 3.08. The van der Waals surface area contributed by atoms with Crippen molar-refractivity contribution in [3.63, 3.8) is 0 Å². The summed E-state index contributed by atoms with van der Waals surface area (Å²) in [6.45, 7) is 2.97. The highest BCUT2D eigenvalue weighted by Gasteiger charge is 2.28. The lowest BCUT2D eigenvalue weighted by Crippen LogP contribution is -2.40. The van der Waals surface area contributed by atoms with Crippen LogP contribution in [0.1, 0.15) is 19.8 Å². The molecular formula is C8H16ClFN2O. The van der Waals surface area contributed by atoms with Gasteiger partial charge in [0, 0.05) is 19.5 Å². The average molecular weight is 211 g/mol. The minimum Gasteiger partial charge on any atom is -0.355 e. The number of carbonyl (C=O) groups is 1. The van der Waals surface area contributed by atoms with Gasteiger partial charge in [0.25, 0.3) is 0 Å². The molecule has 0 bridgehead atoms. The molecule has 0 spiro atoms. The number of halogens is 2. The zero-order valence-electron chi connectivity index (χ0n) is 7.68. The number of hydrogen-bond acceptors (Lipinski definition) is 2. The maximum atomic E-state index is 12.6. The number of rotatable bonds is 3. The first-order valence-electron chi connectivity index (χ1n) is 4.39. The van der Waals surface area contributed by atoms with Gasteiger partial charge in [0.15, 0.2) is 0 Å². The van der Waals surface area contributed by atoms with E-state index in [0.29, 0.717) is 19.5 Å². The van der Waals surface area contributed by atoms with E-state index >= 15 is 0 Å². The largest absolute Gasteiger partial charge is 0.355 e. The zero-order chi connectivity index (χ0) is 8.97. The second kappa shape index (κ2) is 6.16. The van der Waals surface area contributed by atoms with Gasteiger partial charge in [-0.1, -0.05) is 6.92 Å². The van der Waals surface area contributed by atoms with E-state index in [4.69, 9.17) is 0 Å². The fraction of sp³-hybridized carbons (Fsp3) is 0.875. The summed E-state index contributed by atoms with van der Waals surface area (Å²) in [5, 5.41) is 5.55. The molecule has 2 atom stereocenters. The van der Waals surface area contributed by atoms with Gasteiger partial charge in [-0.25, -0.2) is 4.39 Å². The molecule has 13 heavy (non-hydrogen) atoms. The van der Waals surface area contributed by atoms with Gasteiger partial charge in [-0.3, -0.25) is 4.79 Å². The molecule has 78 valence electrons. The number of alkyl halides is 1. The quantitative estimate of drug-likeness (QED) is 0.718. The van der Waals surface area contributed by atoms with Crippen molar-refractivity contribution in [3.8, 4) is 0 Å². The van der Waals surface area contributed by atoms with Crippen LogP contribution in [0.25, 0.3) is 0 Å². The maximum absolute atomic E-state index is 12.6. The molecule has 0 unspecified atom stereocenters. The minimum atomic E-state index is -0.859. The predicted molar refractivity (Wildman–Crippen MR) is 51.9 cm³/mol. The summed E-state index contributed by atoms with van der Waals surface area (Å²) >= 11 is 0. The third-order valence-electron chi connectivity index (χ3n) is 1.94. The SMILES string of the molecule is CCCNC(=O)[C@@H]1C[C@@H](F)CN1.Cl. The highest BCUT2D eigenvalue weighted by atomic mass is 35.5. The van der Waals surface area contributed by atoms with Crippen molar-refractivity contribution in [1.29, 1.82) is 0 Å². The van der Waals surface area contributed by atoms with E-state index in [0.717, 1.165) is 6.42 Å². The Balaban J connectivity index is 0.00000144. The molecule has 0 saturated carbocycles. The Bertz CT molecular complexity index is 168. The molecule has 3 nitrogen and oxygen atoms in total. The normalized spacial score (nSPS) is 26.6. The lowest BCUT2D eigenvalue weighted by molar-refractivity contribution is -0.122. The van der Waals surface area contributed by atoms with Crippen molar-refractivity contribution < 1.29 is 9.18 Å². The monoisotopic (exact) mass is 210 g/mol. The summed E-state index contributed by atoms with van der Waals surface area (Å²) < 4.78 is 12.6. The molecule has 1 aliphatic heterocycles. The Morgan fingerprint density at radius 2 is 2.38 bits per heavy atom. The number of hydrogen-bond donors (Lipinski definition) is 2. The summed E-state index contributed by atoms with van der Waals surface area (Å²) in [5.74, 6) is -0.0722. The van der Waals surface area contributed by atoms with Gasteiger partial charge in [0.1, 0.15) is 6.17 Å². The third kappa shape index (κ3) is 3.91. The topological polar surface area (TPSA) is 41.1 Å². The molecule has 1 saturated heterocycles. The third-order valence-corrected chi connectivity index (χ3v) is 1.94. The Morgan fingerprint density at radius 1 is 1.69 bits per heavy atom. The van der Waals surface area contributed by atoms with E-state index in [-0.39, 0.29) is 24.4 Å². The highest BCUT2D eigenvalue weighted by molar-refractivity contribution is 5.85. The smallest absolute Gasteiger partial charge is 0.237 e. The van der Waals surface area contributed by atoms with E-state index in [1.165, 1.54) is 0 Å². The zero-order valence-corrected chi connectivity index (χ0v) is 8.49. The first-order chi connectivity index (χ1) is 5.74. The van der Waals surface area contributed by atoms with E-state index < -0.39 is 6.17 Å². The van der Waals surface area contributed by atoms with Gasteiger partial charge in [-0.15, -0.1) is 12.4 Å². The molecule has 0 aromatic carbocycles. The van der Waals surface area contributed by atoms with Crippen molar-refractivity contribution in [2.45, 2.75) is 32.0 Å². The molecule has 0 aromatic rings. The lowest BCUT2D eigenvalue weighted by Gasteiger charge is -2.09. The standard InChI is InChI=1S/C8H15FN2O.ClH/c1-2-3-10-8(12)7-4-6(9)5-11-7;/h6-7,11H,2-5H2,1H3,(H,10,12);1H/t6-,7+;/m1./s1. The van der Waals surface area contributed by atoms with Crippen LogP contribution in [0, 0.1) is 0 Å². The first kappa shape index (κ1) is 12.7. The Hall–Kier alpha value is -0.350. The predicted octanol–water partition coefficient (Wildman–Crippen LogP) is 0.634. The van der Waals surface area contributed by atoms with Gasteiger partial charge in [-0.05, 0) is 6.42 Å². The number of amides is 1. The molecule has 2 N–H and O–H groups in total. The van der Waals surface area contributed by atoms with E-state index in [1.54, 1.807) is 0 Å². The van der Waals surface area contributed by atoms with Gasteiger partial charge in [-0.2, -0.15) is 0 Å². The fourth-order valence-corrected chi connectivity index (χ4v) is 1.26. The van der Waals surface area contributed by atoms with Crippen LogP contribution in [0.2, 0.25) is 0 Å². The van der Waals surface area contributed by atoms with E-state index in [9.17, 15) is 9.18 Å². The molecule has 0 aromatic heterocycles. The van der Waals surface area contributed by atoms with Crippen LogP contribution in [0.15, 0.2) is 0 Å². The highest BCUT2D eigenvalue weighted by Crippen LogP contribution is 2.09. The average Bonchev–Trinajstić information content (AvgIpc) is 2.47. The molecule has 5 heteroatoms. The summed E-state index contributed by atoms with van der Waals surface area (Å²) in [5.41, 5.74) is 0. The van der Waals surface area contributed by atoms with Gasteiger partial charge >= 0.3 is 0 Å². The second-order valence-corrected chi connectivity index (χ2v) is 3.08. The molecule has 1 heterocycles. The van der Waals surface area contributed by atoms with Crippen molar-refractivity contribution in [1.82, 2.24) is 10.6 Å². The minimum absolute atomic E-state index is 0. The van der Waals surface area contributed by atoms with Crippen LogP contribution in [-0.4, -0.2) is 31.2 Å². The molecule has 1 rings (SSSR count). The van der Waals surface area contributed by atoms with Crippen LogP contribution in [0.3, 0.4) is 0 Å².